The fraction of sp³-hybridized carbons (Fsp3) is 0.167. The predicted molar refractivity (Wildman–Crippen MR) is 65.4 cm³/mol. The van der Waals surface area contributed by atoms with Crippen molar-refractivity contribution in [2.75, 3.05) is 0 Å². The van der Waals surface area contributed by atoms with Crippen LogP contribution in [0.1, 0.15) is 6.92 Å². The first kappa shape index (κ1) is 13.7. The van der Waals surface area contributed by atoms with Gasteiger partial charge in [0.2, 0.25) is 0 Å². The van der Waals surface area contributed by atoms with Crippen LogP contribution in [0.25, 0.3) is 11.0 Å². The lowest BCUT2D eigenvalue weighted by molar-refractivity contribution is -0.138. The van der Waals surface area contributed by atoms with Crippen molar-refractivity contribution < 1.29 is 19.4 Å². The molecule has 1 aromatic carbocycles. The fourth-order valence-corrected chi connectivity index (χ4v) is 1.05. The summed E-state index contributed by atoms with van der Waals surface area (Å²) < 4.78 is 4.83. The van der Waals surface area contributed by atoms with Crippen LogP contribution in [0.4, 0.5) is 0 Å². The molecule has 0 bridgehead atoms. The molecule has 1 atom stereocenters. The van der Waals surface area contributed by atoms with Crippen molar-refractivity contribution in [3.05, 3.63) is 40.8 Å². The lowest BCUT2D eigenvalue weighted by atomic mass is 10.2. The van der Waals surface area contributed by atoms with E-state index in [0.29, 0.717) is 5.58 Å². The molecule has 1 heterocycles. The Morgan fingerprint density at radius 2 is 1.89 bits per heavy atom. The number of phenols is 1. The third kappa shape index (κ3) is 3.91. The molecule has 0 radical (unpaired) electrons. The van der Waals surface area contributed by atoms with E-state index in [2.05, 4.69) is 0 Å². The first-order valence-electron chi connectivity index (χ1n) is 5.11. The Bertz CT molecular complexity index is 603. The van der Waals surface area contributed by atoms with Crippen LogP contribution in [0.2, 0.25) is 0 Å². The summed E-state index contributed by atoms with van der Waals surface area (Å²) >= 11 is 0. The maximum atomic E-state index is 10.7. The van der Waals surface area contributed by atoms with Gasteiger partial charge in [0.05, 0.1) is 0 Å². The molecule has 0 aliphatic heterocycles. The van der Waals surface area contributed by atoms with Gasteiger partial charge >= 0.3 is 11.6 Å². The van der Waals surface area contributed by atoms with Crippen molar-refractivity contribution in [3.63, 3.8) is 0 Å². The van der Waals surface area contributed by atoms with Gasteiger partial charge in [0.25, 0.3) is 0 Å². The van der Waals surface area contributed by atoms with Crippen molar-refractivity contribution in [2.45, 2.75) is 13.0 Å². The average molecular weight is 251 g/mol. The van der Waals surface area contributed by atoms with E-state index in [0.717, 1.165) is 5.39 Å². The van der Waals surface area contributed by atoms with Crippen LogP contribution in [0.15, 0.2) is 39.5 Å². The summed E-state index contributed by atoms with van der Waals surface area (Å²) in [6.07, 6.45) is 0. The summed E-state index contributed by atoms with van der Waals surface area (Å²) in [5, 5.41) is 17.7. The zero-order valence-electron chi connectivity index (χ0n) is 9.66. The van der Waals surface area contributed by atoms with Crippen LogP contribution in [0.3, 0.4) is 0 Å². The molecule has 6 heteroatoms. The maximum absolute atomic E-state index is 10.7. The largest absolute Gasteiger partial charge is 0.508 e. The molecule has 4 N–H and O–H groups in total. The van der Waals surface area contributed by atoms with Crippen LogP contribution in [0.5, 0.6) is 5.75 Å². The van der Waals surface area contributed by atoms with Crippen molar-refractivity contribution in [2.24, 2.45) is 5.73 Å². The molecule has 0 saturated heterocycles. The van der Waals surface area contributed by atoms with Crippen molar-refractivity contribution in [3.8, 4) is 5.75 Å². The Kier molecular flexibility index (Phi) is 4.45. The molecule has 0 unspecified atom stereocenters. The van der Waals surface area contributed by atoms with Gasteiger partial charge in [0.15, 0.2) is 0 Å². The molecule has 0 aliphatic carbocycles. The topological polar surface area (TPSA) is 114 Å². The van der Waals surface area contributed by atoms with Gasteiger partial charge in [-0.2, -0.15) is 0 Å². The van der Waals surface area contributed by atoms with Crippen LogP contribution >= 0.6 is 0 Å². The number of phenolic OH excluding ortho intramolecular Hbond substituents is 1. The third-order valence-electron chi connectivity index (χ3n) is 2.00. The summed E-state index contributed by atoms with van der Waals surface area (Å²) in [6, 6.07) is 6.91. The molecule has 0 amide bonds. The molecule has 2 aromatic rings. The van der Waals surface area contributed by atoms with Gasteiger partial charge < -0.3 is 20.4 Å². The first-order chi connectivity index (χ1) is 8.40. The second-order valence-electron chi connectivity index (χ2n) is 3.60. The van der Waals surface area contributed by atoms with E-state index in [1.807, 2.05) is 0 Å². The number of aromatic hydroxyl groups is 1. The number of rotatable bonds is 1. The first-order valence-corrected chi connectivity index (χ1v) is 5.11. The Morgan fingerprint density at radius 3 is 2.44 bits per heavy atom. The van der Waals surface area contributed by atoms with E-state index in [4.69, 9.17) is 20.4 Å². The normalized spacial score (nSPS) is 11.4. The number of benzene rings is 1. The molecule has 2 rings (SSSR count). The fourth-order valence-electron chi connectivity index (χ4n) is 1.05. The molecular formula is C12H13NO5. The van der Waals surface area contributed by atoms with Gasteiger partial charge in [-0.3, -0.25) is 4.79 Å². The van der Waals surface area contributed by atoms with Crippen molar-refractivity contribution in [1.29, 1.82) is 0 Å². The van der Waals surface area contributed by atoms with E-state index >= 15 is 0 Å². The predicted octanol–water partition coefficient (Wildman–Crippen LogP) is 0.917. The number of carbonyl (C=O) groups is 1. The minimum atomic E-state index is -0.963. The zero-order valence-corrected chi connectivity index (χ0v) is 9.66. The lowest BCUT2D eigenvalue weighted by Crippen LogP contribution is -2.25. The van der Waals surface area contributed by atoms with Gasteiger partial charge in [0, 0.05) is 17.5 Å². The lowest BCUT2D eigenvalue weighted by Gasteiger charge is -1.94. The number of hydrogen-bond donors (Lipinski definition) is 3. The second-order valence-corrected chi connectivity index (χ2v) is 3.60. The number of nitrogens with two attached hydrogens (primary N) is 1. The monoisotopic (exact) mass is 251 g/mol. The summed E-state index contributed by atoms with van der Waals surface area (Å²) in [5.41, 5.74) is 4.83. The highest BCUT2D eigenvalue weighted by atomic mass is 16.4. The van der Waals surface area contributed by atoms with Gasteiger partial charge in [-0.25, -0.2) is 4.79 Å². The SMILES string of the molecule is C[C@H](N)C(=O)O.O=c1ccc2ccc(O)cc2o1. The van der Waals surface area contributed by atoms with Crippen molar-refractivity contribution >= 4 is 16.9 Å². The molecule has 6 nitrogen and oxygen atoms in total. The molecule has 96 valence electrons. The molecule has 0 fully saturated rings. The van der Waals surface area contributed by atoms with Gasteiger partial charge in [-0.1, -0.05) is 0 Å². The maximum Gasteiger partial charge on any atom is 0.336 e. The zero-order chi connectivity index (χ0) is 13.7. The smallest absolute Gasteiger partial charge is 0.336 e. The van der Waals surface area contributed by atoms with E-state index in [1.165, 1.54) is 19.1 Å². The second kappa shape index (κ2) is 5.83. The highest BCUT2D eigenvalue weighted by Crippen LogP contribution is 2.17. The molecule has 0 spiro atoms. The van der Waals surface area contributed by atoms with Gasteiger partial charge in [-0.05, 0) is 25.1 Å². The standard InChI is InChI=1S/C9H6O3.C3H7NO2/c10-7-3-1-6-2-4-9(11)12-8(6)5-7;1-2(4)3(5)6/h1-5,10H;2H,4H2,1H3,(H,5,6)/t;2-/m.0/s1. The van der Waals surface area contributed by atoms with Gasteiger partial charge in [0.1, 0.15) is 17.4 Å². The molecular weight excluding hydrogens is 238 g/mol. The number of carboxylic acids is 1. The summed E-state index contributed by atoms with van der Waals surface area (Å²) in [5.74, 6) is -0.869. The Hall–Kier alpha value is -2.34. The Balaban J connectivity index is 0.000000232. The quantitative estimate of drug-likeness (QED) is 0.649. The third-order valence-corrected chi connectivity index (χ3v) is 2.00. The molecule has 1 aromatic heterocycles. The summed E-state index contributed by atoms with van der Waals surface area (Å²) in [7, 11) is 0. The van der Waals surface area contributed by atoms with E-state index in [1.54, 1.807) is 18.2 Å². The van der Waals surface area contributed by atoms with Gasteiger partial charge in [-0.15, -0.1) is 0 Å². The van der Waals surface area contributed by atoms with Crippen LogP contribution in [-0.2, 0) is 4.79 Å². The Labute approximate surface area is 102 Å². The van der Waals surface area contributed by atoms with E-state index in [-0.39, 0.29) is 5.75 Å². The number of hydrogen-bond acceptors (Lipinski definition) is 5. The summed E-state index contributed by atoms with van der Waals surface area (Å²) in [4.78, 5) is 20.3. The highest BCUT2D eigenvalue weighted by Gasteiger charge is 1.99. The van der Waals surface area contributed by atoms with Crippen LogP contribution < -0.4 is 11.4 Å². The molecule has 0 saturated carbocycles. The number of fused-ring (bicyclic) bond motifs is 1. The molecule has 0 aliphatic rings. The number of aliphatic carboxylic acids is 1. The van der Waals surface area contributed by atoms with E-state index < -0.39 is 17.6 Å². The average Bonchev–Trinajstić information content (AvgIpc) is 2.29. The van der Waals surface area contributed by atoms with Crippen LogP contribution in [-0.4, -0.2) is 22.2 Å². The Morgan fingerprint density at radius 1 is 1.33 bits per heavy atom. The highest BCUT2D eigenvalue weighted by molar-refractivity contribution is 5.77. The van der Waals surface area contributed by atoms with Crippen LogP contribution in [0, 0.1) is 0 Å². The summed E-state index contributed by atoms with van der Waals surface area (Å²) in [6.45, 7) is 1.42. The minimum Gasteiger partial charge on any atom is -0.508 e. The number of carboxylic acid groups (broad SMARTS) is 1. The van der Waals surface area contributed by atoms with Crippen molar-refractivity contribution in [1.82, 2.24) is 0 Å². The molecule has 18 heavy (non-hydrogen) atoms. The minimum absolute atomic E-state index is 0.0943. The van der Waals surface area contributed by atoms with E-state index in [9.17, 15) is 9.59 Å².